The lowest BCUT2D eigenvalue weighted by atomic mass is 10.1. The van der Waals surface area contributed by atoms with Crippen LogP contribution in [0.3, 0.4) is 0 Å². The quantitative estimate of drug-likeness (QED) is 0.727. The van der Waals surface area contributed by atoms with E-state index in [2.05, 4.69) is 15.5 Å². The third-order valence-corrected chi connectivity index (χ3v) is 1.84. The van der Waals surface area contributed by atoms with Crippen LogP contribution in [0.5, 0.6) is 0 Å². The van der Waals surface area contributed by atoms with Crippen molar-refractivity contribution in [3.63, 3.8) is 0 Å². The molecule has 1 aromatic rings. The average Bonchev–Trinajstić information content (AvgIpc) is 2.62. The fourth-order valence-corrected chi connectivity index (χ4v) is 1.14. The summed E-state index contributed by atoms with van der Waals surface area (Å²) in [5.41, 5.74) is 5.09. The van der Waals surface area contributed by atoms with Gasteiger partial charge in [0.25, 0.3) is 0 Å². The van der Waals surface area contributed by atoms with Crippen LogP contribution in [0.15, 0.2) is 4.42 Å². The van der Waals surface area contributed by atoms with Gasteiger partial charge in [0.1, 0.15) is 0 Å². The molecule has 0 unspecified atom stereocenters. The van der Waals surface area contributed by atoms with E-state index in [0.29, 0.717) is 25.1 Å². The average molecular weight is 214 g/mol. The summed E-state index contributed by atoms with van der Waals surface area (Å²) in [6.07, 6.45) is 0. The molecule has 15 heavy (non-hydrogen) atoms. The number of aromatic nitrogens is 2. The van der Waals surface area contributed by atoms with Gasteiger partial charge in [0, 0.05) is 13.2 Å². The zero-order valence-corrected chi connectivity index (χ0v) is 9.41. The summed E-state index contributed by atoms with van der Waals surface area (Å²) in [4.78, 5) is 0. The fourth-order valence-electron chi connectivity index (χ4n) is 1.14. The Hall–Kier alpha value is -1.14. The van der Waals surface area contributed by atoms with Crippen molar-refractivity contribution in [2.24, 2.45) is 5.73 Å². The molecule has 0 aliphatic rings. The summed E-state index contributed by atoms with van der Waals surface area (Å²) in [5, 5.41) is 10.5. The number of ether oxygens (including phenoxy) is 1. The number of hydrogen-bond acceptors (Lipinski definition) is 6. The third-order valence-electron chi connectivity index (χ3n) is 1.84. The molecule has 0 fully saturated rings. The van der Waals surface area contributed by atoms with Gasteiger partial charge in [-0.05, 0) is 20.8 Å². The minimum absolute atomic E-state index is 0.254. The maximum Gasteiger partial charge on any atom is 0.315 e. The SMILES string of the molecule is CCOC(C)(C)CNc1nnc(CN)o1. The van der Waals surface area contributed by atoms with Gasteiger partial charge in [0.15, 0.2) is 0 Å². The summed E-state index contributed by atoms with van der Waals surface area (Å²) in [6.45, 7) is 7.47. The van der Waals surface area contributed by atoms with Crippen molar-refractivity contribution >= 4 is 6.01 Å². The van der Waals surface area contributed by atoms with E-state index in [1.54, 1.807) is 0 Å². The van der Waals surface area contributed by atoms with E-state index in [1.165, 1.54) is 0 Å². The first-order chi connectivity index (χ1) is 7.07. The summed E-state index contributed by atoms with van der Waals surface area (Å²) < 4.78 is 10.7. The standard InChI is InChI=1S/C9H18N4O2/c1-4-14-9(2,3)6-11-8-13-12-7(5-10)15-8/h4-6,10H2,1-3H3,(H,11,13). The van der Waals surface area contributed by atoms with Gasteiger partial charge in [-0.25, -0.2) is 0 Å². The van der Waals surface area contributed by atoms with Crippen LogP contribution in [0.1, 0.15) is 26.7 Å². The van der Waals surface area contributed by atoms with E-state index >= 15 is 0 Å². The van der Waals surface area contributed by atoms with Gasteiger partial charge in [-0.15, -0.1) is 5.10 Å². The van der Waals surface area contributed by atoms with Crippen LogP contribution in [0.25, 0.3) is 0 Å². The molecular weight excluding hydrogens is 196 g/mol. The van der Waals surface area contributed by atoms with Crippen LogP contribution >= 0.6 is 0 Å². The summed E-state index contributed by atoms with van der Waals surface area (Å²) >= 11 is 0. The number of hydrogen-bond donors (Lipinski definition) is 2. The second-order valence-corrected chi connectivity index (χ2v) is 3.75. The molecule has 0 saturated carbocycles. The van der Waals surface area contributed by atoms with Crippen LogP contribution in [-0.2, 0) is 11.3 Å². The van der Waals surface area contributed by atoms with Gasteiger partial charge in [-0.1, -0.05) is 5.10 Å². The monoisotopic (exact) mass is 214 g/mol. The molecule has 6 nitrogen and oxygen atoms in total. The largest absolute Gasteiger partial charge is 0.407 e. The number of nitrogens with two attached hydrogens (primary N) is 1. The predicted octanol–water partition coefficient (Wildman–Crippen LogP) is 0.755. The highest BCUT2D eigenvalue weighted by molar-refractivity contribution is 5.17. The van der Waals surface area contributed by atoms with Crippen LogP contribution in [-0.4, -0.2) is 29.0 Å². The molecule has 3 N–H and O–H groups in total. The molecule has 6 heteroatoms. The highest BCUT2D eigenvalue weighted by Crippen LogP contribution is 2.11. The Balaban J connectivity index is 2.42. The van der Waals surface area contributed by atoms with Crippen molar-refractivity contribution in [2.75, 3.05) is 18.5 Å². The topological polar surface area (TPSA) is 86.2 Å². The van der Waals surface area contributed by atoms with Gasteiger partial charge in [-0.2, -0.15) is 0 Å². The Morgan fingerprint density at radius 2 is 2.20 bits per heavy atom. The number of nitrogens with one attached hydrogen (secondary N) is 1. The Kier molecular flexibility index (Phi) is 4.05. The molecule has 86 valence electrons. The van der Waals surface area contributed by atoms with Crippen molar-refractivity contribution in [3.05, 3.63) is 5.89 Å². The van der Waals surface area contributed by atoms with Gasteiger partial charge in [-0.3, -0.25) is 0 Å². The second-order valence-electron chi connectivity index (χ2n) is 3.75. The molecule has 0 bridgehead atoms. The lowest BCUT2D eigenvalue weighted by Crippen LogP contribution is -2.33. The first-order valence-electron chi connectivity index (χ1n) is 4.97. The molecule has 0 aliphatic heterocycles. The molecule has 0 aromatic carbocycles. The minimum Gasteiger partial charge on any atom is -0.407 e. The molecule has 0 radical (unpaired) electrons. The minimum atomic E-state index is -0.258. The summed E-state index contributed by atoms with van der Waals surface area (Å²) in [6, 6.07) is 0.378. The van der Waals surface area contributed by atoms with E-state index in [-0.39, 0.29) is 12.1 Å². The second kappa shape index (κ2) is 5.09. The molecule has 0 amide bonds. The van der Waals surface area contributed by atoms with Crippen molar-refractivity contribution in [1.82, 2.24) is 10.2 Å². The molecule has 0 aliphatic carbocycles. The van der Waals surface area contributed by atoms with Crippen molar-refractivity contribution in [1.29, 1.82) is 0 Å². The summed E-state index contributed by atoms with van der Waals surface area (Å²) in [5.74, 6) is 0.423. The molecule has 1 aromatic heterocycles. The zero-order valence-electron chi connectivity index (χ0n) is 9.41. The van der Waals surface area contributed by atoms with E-state index in [1.807, 2.05) is 20.8 Å². The fraction of sp³-hybridized carbons (Fsp3) is 0.778. The van der Waals surface area contributed by atoms with Gasteiger partial charge < -0.3 is 20.2 Å². The smallest absolute Gasteiger partial charge is 0.315 e. The Labute approximate surface area is 89.2 Å². The molecular formula is C9H18N4O2. The van der Waals surface area contributed by atoms with Crippen LogP contribution in [0, 0.1) is 0 Å². The summed E-state index contributed by atoms with van der Waals surface area (Å²) in [7, 11) is 0. The number of rotatable bonds is 6. The maximum absolute atomic E-state index is 5.51. The molecule has 1 heterocycles. The van der Waals surface area contributed by atoms with Crippen LogP contribution in [0.2, 0.25) is 0 Å². The Morgan fingerprint density at radius 3 is 2.73 bits per heavy atom. The molecule has 1 rings (SSSR count). The van der Waals surface area contributed by atoms with E-state index in [9.17, 15) is 0 Å². The van der Waals surface area contributed by atoms with E-state index < -0.39 is 0 Å². The number of anilines is 1. The highest BCUT2D eigenvalue weighted by atomic mass is 16.5. The first kappa shape index (κ1) is 11.9. The third kappa shape index (κ3) is 3.85. The Bertz CT molecular complexity index is 298. The van der Waals surface area contributed by atoms with Crippen molar-refractivity contribution in [3.8, 4) is 0 Å². The zero-order chi connectivity index (χ0) is 11.3. The molecule has 0 atom stereocenters. The Morgan fingerprint density at radius 1 is 1.47 bits per heavy atom. The van der Waals surface area contributed by atoms with Crippen LogP contribution in [0.4, 0.5) is 6.01 Å². The maximum atomic E-state index is 5.51. The predicted molar refractivity (Wildman–Crippen MR) is 56.4 cm³/mol. The van der Waals surface area contributed by atoms with Crippen LogP contribution < -0.4 is 11.1 Å². The highest BCUT2D eigenvalue weighted by Gasteiger charge is 2.18. The van der Waals surface area contributed by atoms with Gasteiger partial charge >= 0.3 is 6.01 Å². The molecule has 0 spiro atoms. The van der Waals surface area contributed by atoms with E-state index in [0.717, 1.165) is 0 Å². The van der Waals surface area contributed by atoms with Gasteiger partial charge in [0.05, 0.1) is 12.1 Å². The lowest BCUT2D eigenvalue weighted by Gasteiger charge is -2.24. The van der Waals surface area contributed by atoms with Crippen molar-refractivity contribution < 1.29 is 9.15 Å². The molecule has 0 saturated heterocycles. The van der Waals surface area contributed by atoms with E-state index in [4.69, 9.17) is 14.9 Å². The lowest BCUT2D eigenvalue weighted by molar-refractivity contribution is 0.000340. The first-order valence-corrected chi connectivity index (χ1v) is 4.97. The normalized spacial score (nSPS) is 11.7. The van der Waals surface area contributed by atoms with Gasteiger partial charge in [0.2, 0.25) is 5.89 Å². The van der Waals surface area contributed by atoms with Crippen molar-refractivity contribution in [2.45, 2.75) is 32.9 Å². The number of nitrogens with zero attached hydrogens (tertiary/aromatic N) is 2.